The highest BCUT2D eigenvalue weighted by Gasteiger charge is 2.23. The zero-order chi connectivity index (χ0) is 13.1. The number of nitrogens with two attached hydrogens (primary N) is 1. The highest BCUT2D eigenvalue weighted by Crippen LogP contribution is 2.32. The summed E-state index contributed by atoms with van der Waals surface area (Å²) in [7, 11) is 1.68. The number of amides is 1. The van der Waals surface area contributed by atoms with Crippen molar-refractivity contribution in [3.63, 3.8) is 0 Å². The molecule has 2 rings (SSSR count). The molecule has 2 unspecified atom stereocenters. The average Bonchev–Trinajstić information content (AvgIpc) is 2.38. The molecule has 1 amide bonds. The van der Waals surface area contributed by atoms with Gasteiger partial charge in [0.15, 0.2) is 0 Å². The number of methoxy groups -OCH3 is 1. The molecule has 0 spiro atoms. The second-order valence-electron chi connectivity index (χ2n) is 4.80. The van der Waals surface area contributed by atoms with Crippen LogP contribution in [0.2, 0.25) is 0 Å². The molecule has 18 heavy (non-hydrogen) atoms. The van der Waals surface area contributed by atoms with Gasteiger partial charge >= 0.3 is 0 Å². The van der Waals surface area contributed by atoms with Gasteiger partial charge in [0.1, 0.15) is 5.75 Å². The first-order valence-corrected chi connectivity index (χ1v) is 6.34. The summed E-state index contributed by atoms with van der Waals surface area (Å²) in [5.74, 6) is 0.577. The summed E-state index contributed by atoms with van der Waals surface area (Å²) in [5, 5.41) is 3.30. The van der Waals surface area contributed by atoms with Crippen LogP contribution in [0.5, 0.6) is 5.75 Å². The summed E-state index contributed by atoms with van der Waals surface area (Å²) >= 11 is 0. The van der Waals surface area contributed by atoms with E-state index in [4.69, 9.17) is 10.5 Å². The zero-order valence-corrected chi connectivity index (χ0v) is 10.9. The van der Waals surface area contributed by atoms with Gasteiger partial charge in [0.25, 0.3) is 0 Å². The molecule has 0 heterocycles. The molecule has 3 N–H and O–H groups in total. The van der Waals surface area contributed by atoms with Crippen LogP contribution in [0.3, 0.4) is 0 Å². The van der Waals surface area contributed by atoms with Gasteiger partial charge in [0.2, 0.25) is 5.91 Å². The van der Waals surface area contributed by atoms with Crippen LogP contribution in [0.15, 0.2) is 18.2 Å². The second-order valence-corrected chi connectivity index (χ2v) is 4.80. The molecular weight excluding hydrogens is 228 g/mol. The van der Waals surface area contributed by atoms with E-state index in [1.54, 1.807) is 14.0 Å². The Balaban J connectivity index is 2.20. The number of carbonyl (C=O) groups is 1. The third kappa shape index (κ3) is 2.64. The van der Waals surface area contributed by atoms with E-state index >= 15 is 0 Å². The normalized spacial score (nSPS) is 20.0. The molecule has 0 aromatic heterocycles. The number of hydrogen-bond acceptors (Lipinski definition) is 3. The minimum atomic E-state index is -0.310. The fourth-order valence-electron chi connectivity index (χ4n) is 2.47. The number of benzene rings is 1. The van der Waals surface area contributed by atoms with E-state index in [-0.39, 0.29) is 18.0 Å². The van der Waals surface area contributed by atoms with Crippen molar-refractivity contribution in [1.29, 1.82) is 0 Å². The maximum Gasteiger partial charge on any atom is 0.234 e. The predicted molar refractivity (Wildman–Crippen MR) is 70.5 cm³/mol. The molecular formula is C14H20N2O2. The van der Waals surface area contributed by atoms with Crippen LogP contribution in [0.25, 0.3) is 0 Å². The highest BCUT2D eigenvalue weighted by molar-refractivity contribution is 5.79. The van der Waals surface area contributed by atoms with Gasteiger partial charge < -0.3 is 10.5 Å². The molecule has 0 saturated heterocycles. The molecule has 4 nitrogen and oxygen atoms in total. The SMILES string of the molecule is COc1ccc2c(c1)CCCC2NC(C)C(N)=O. The van der Waals surface area contributed by atoms with Gasteiger partial charge in [-0.05, 0) is 49.4 Å². The quantitative estimate of drug-likeness (QED) is 0.849. The number of hydrogen-bond donors (Lipinski definition) is 2. The lowest BCUT2D eigenvalue weighted by atomic mass is 9.87. The number of primary amides is 1. The minimum absolute atomic E-state index is 0.210. The predicted octanol–water partition coefficient (Wildman–Crippen LogP) is 1.54. The Morgan fingerprint density at radius 2 is 2.33 bits per heavy atom. The summed E-state index contributed by atoms with van der Waals surface area (Å²) in [6.45, 7) is 1.81. The molecule has 2 atom stereocenters. The molecule has 0 fully saturated rings. The standard InChI is InChI=1S/C14H20N2O2/c1-9(14(15)17)16-13-5-3-4-10-8-11(18-2)6-7-12(10)13/h6-9,13,16H,3-5H2,1-2H3,(H2,15,17). The van der Waals surface area contributed by atoms with Crippen molar-refractivity contribution in [3.8, 4) is 5.75 Å². The molecule has 0 saturated carbocycles. The fourth-order valence-corrected chi connectivity index (χ4v) is 2.47. The van der Waals surface area contributed by atoms with Gasteiger partial charge in [-0.3, -0.25) is 10.1 Å². The monoisotopic (exact) mass is 248 g/mol. The minimum Gasteiger partial charge on any atom is -0.497 e. The van der Waals surface area contributed by atoms with E-state index < -0.39 is 0 Å². The maximum atomic E-state index is 11.1. The third-order valence-corrected chi connectivity index (χ3v) is 3.54. The first-order chi connectivity index (χ1) is 8.61. The topological polar surface area (TPSA) is 64.3 Å². The van der Waals surface area contributed by atoms with Crippen LogP contribution in [-0.2, 0) is 11.2 Å². The fraction of sp³-hybridized carbons (Fsp3) is 0.500. The van der Waals surface area contributed by atoms with Gasteiger partial charge in [-0.2, -0.15) is 0 Å². The molecule has 98 valence electrons. The van der Waals surface area contributed by atoms with Crippen molar-refractivity contribution in [2.45, 2.75) is 38.3 Å². The van der Waals surface area contributed by atoms with Crippen LogP contribution >= 0.6 is 0 Å². The Hall–Kier alpha value is -1.55. The Bertz CT molecular complexity index is 445. The lowest BCUT2D eigenvalue weighted by Gasteiger charge is -2.28. The number of fused-ring (bicyclic) bond motifs is 1. The lowest BCUT2D eigenvalue weighted by Crippen LogP contribution is -2.41. The highest BCUT2D eigenvalue weighted by atomic mass is 16.5. The molecule has 1 aliphatic rings. The number of carbonyl (C=O) groups excluding carboxylic acids is 1. The van der Waals surface area contributed by atoms with Crippen LogP contribution in [0, 0.1) is 0 Å². The van der Waals surface area contributed by atoms with E-state index in [1.165, 1.54) is 11.1 Å². The number of nitrogens with one attached hydrogen (secondary N) is 1. The number of rotatable bonds is 4. The van der Waals surface area contributed by atoms with Crippen LogP contribution < -0.4 is 15.8 Å². The summed E-state index contributed by atoms with van der Waals surface area (Å²) < 4.78 is 5.24. The first-order valence-electron chi connectivity index (χ1n) is 6.34. The summed E-state index contributed by atoms with van der Waals surface area (Å²) in [4.78, 5) is 11.1. The van der Waals surface area contributed by atoms with Crippen LogP contribution in [0.1, 0.15) is 36.9 Å². The van der Waals surface area contributed by atoms with Gasteiger partial charge in [-0.25, -0.2) is 0 Å². The average molecular weight is 248 g/mol. The van der Waals surface area contributed by atoms with Crippen molar-refractivity contribution in [3.05, 3.63) is 29.3 Å². The summed E-state index contributed by atoms with van der Waals surface area (Å²) in [6.07, 6.45) is 3.22. The molecule has 1 aliphatic carbocycles. The van der Waals surface area contributed by atoms with Crippen LogP contribution in [-0.4, -0.2) is 19.1 Å². The molecule has 1 aromatic carbocycles. The Kier molecular flexibility index (Phi) is 3.87. The maximum absolute atomic E-state index is 11.1. The largest absolute Gasteiger partial charge is 0.497 e. The Morgan fingerprint density at radius 1 is 1.56 bits per heavy atom. The van der Waals surface area contributed by atoms with Gasteiger partial charge in [0.05, 0.1) is 13.2 Å². The van der Waals surface area contributed by atoms with E-state index in [0.717, 1.165) is 25.0 Å². The number of ether oxygens (including phenoxy) is 1. The van der Waals surface area contributed by atoms with Gasteiger partial charge in [-0.15, -0.1) is 0 Å². The van der Waals surface area contributed by atoms with Crippen LogP contribution in [0.4, 0.5) is 0 Å². The smallest absolute Gasteiger partial charge is 0.234 e. The molecule has 0 radical (unpaired) electrons. The Morgan fingerprint density at radius 3 is 3.00 bits per heavy atom. The first kappa shape index (κ1) is 12.9. The van der Waals surface area contributed by atoms with E-state index in [0.29, 0.717) is 0 Å². The molecule has 0 bridgehead atoms. The van der Waals surface area contributed by atoms with Crippen molar-refractivity contribution >= 4 is 5.91 Å². The van der Waals surface area contributed by atoms with Crippen molar-refractivity contribution < 1.29 is 9.53 Å². The summed E-state index contributed by atoms with van der Waals surface area (Å²) in [5.41, 5.74) is 7.86. The Labute approximate surface area is 108 Å². The number of aryl methyl sites for hydroxylation is 1. The third-order valence-electron chi connectivity index (χ3n) is 3.54. The lowest BCUT2D eigenvalue weighted by molar-refractivity contribution is -0.119. The second kappa shape index (κ2) is 5.40. The van der Waals surface area contributed by atoms with Gasteiger partial charge in [0, 0.05) is 6.04 Å². The van der Waals surface area contributed by atoms with Crippen molar-refractivity contribution in [2.24, 2.45) is 5.73 Å². The van der Waals surface area contributed by atoms with Crippen molar-refractivity contribution in [1.82, 2.24) is 5.32 Å². The molecule has 0 aliphatic heterocycles. The van der Waals surface area contributed by atoms with E-state index in [9.17, 15) is 4.79 Å². The summed E-state index contributed by atoms with van der Waals surface area (Å²) in [6, 6.07) is 6.04. The van der Waals surface area contributed by atoms with E-state index in [2.05, 4.69) is 17.4 Å². The molecule has 1 aromatic rings. The van der Waals surface area contributed by atoms with Gasteiger partial charge in [-0.1, -0.05) is 6.07 Å². The zero-order valence-electron chi connectivity index (χ0n) is 10.9. The van der Waals surface area contributed by atoms with E-state index in [1.807, 2.05) is 6.07 Å². The van der Waals surface area contributed by atoms with Crippen molar-refractivity contribution in [2.75, 3.05) is 7.11 Å². The molecule has 4 heteroatoms.